The molecule has 0 atom stereocenters. The first-order valence-electron chi connectivity index (χ1n) is 6.05. The van der Waals surface area contributed by atoms with Gasteiger partial charge in [0.25, 0.3) is 0 Å². The van der Waals surface area contributed by atoms with Gasteiger partial charge in [-0.3, -0.25) is 4.79 Å². The first-order valence-corrected chi connectivity index (χ1v) is 6.58. The van der Waals surface area contributed by atoms with Crippen LogP contribution in [0.4, 0.5) is 5.69 Å². The topological polar surface area (TPSA) is 59.8 Å². The van der Waals surface area contributed by atoms with E-state index in [9.17, 15) is 4.79 Å². The Morgan fingerprint density at radius 1 is 1.32 bits per heavy atom. The molecule has 5 nitrogen and oxygen atoms in total. The Bertz CT molecular complexity index is 510. The Balaban J connectivity index is 1.89. The third kappa shape index (κ3) is 4.37. The molecule has 2 rings (SSSR count). The van der Waals surface area contributed by atoms with Crippen LogP contribution in [0, 0.1) is 0 Å². The van der Waals surface area contributed by atoms with E-state index in [0.717, 1.165) is 11.3 Å². The third-order valence-electron chi connectivity index (χ3n) is 2.59. The number of anilines is 1. The van der Waals surface area contributed by atoms with Gasteiger partial charge >= 0.3 is 0 Å². The van der Waals surface area contributed by atoms with Crippen LogP contribution in [0.2, 0.25) is 0 Å². The van der Waals surface area contributed by atoms with Crippen LogP contribution >= 0.6 is 11.6 Å². The fraction of sp³-hybridized carbons (Fsp3) is 0.308. The Kier molecular flexibility index (Phi) is 4.92. The molecular formula is C13H15ClN4O. The van der Waals surface area contributed by atoms with Gasteiger partial charge < -0.3 is 5.32 Å². The molecule has 0 fully saturated rings. The highest BCUT2D eigenvalue weighted by Gasteiger charge is 2.02. The summed E-state index contributed by atoms with van der Waals surface area (Å²) in [6, 6.07) is 7.67. The summed E-state index contributed by atoms with van der Waals surface area (Å²) in [5.74, 6) is 0.495. The van der Waals surface area contributed by atoms with Crippen LogP contribution in [0.15, 0.2) is 36.9 Å². The minimum absolute atomic E-state index is 0.00956. The van der Waals surface area contributed by atoms with Gasteiger partial charge in [-0.05, 0) is 24.1 Å². The van der Waals surface area contributed by atoms with Gasteiger partial charge in [0.15, 0.2) is 0 Å². The maximum atomic E-state index is 11.5. The summed E-state index contributed by atoms with van der Waals surface area (Å²) in [6.45, 7) is 0.667. The lowest BCUT2D eigenvalue weighted by molar-refractivity contribution is -0.116. The van der Waals surface area contributed by atoms with E-state index in [2.05, 4.69) is 15.4 Å². The number of nitrogens with one attached hydrogen (secondary N) is 1. The maximum Gasteiger partial charge on any atom is 0.224 e. The SMILES string of the molecule is O=C(CCCCl)Nc1ccc(Cn2cncn2)cc1. The summed E-state index contributed by atoms with van der Waals surface area (Å²) in [5.41, 5.74) is 1.89. The lowest BCUT2D eigenvalue weighted by Crippen LogP contribution is -2.11. The Labute approximate surface area is 116 Å². The summed E-state index contributed by atoms with van der Waals surface area (Å²) >= 11 is 5.54. The molecule has 0 saturated heterocycles. The highest BCUT2D eigenvalue weighted by atomic mass is 35.5. The van der Waals surface area contributed by atoms with E-state index < -0.39 is 0 Å². The molecule has 0 spiro atoms. The third-order valence-corrected chi connectivity index (χ3v) is 2.85. The summed E-state index contributed by atoms with van der Waals surface area (Å²) < 4.78 is 1.74. The predicted molar refractivity (Wildman–Crippen MR) is 74.1 cm³/mol. The second kappa shape index (κ2) is 6.89. The van der Waals surface area contributed by atoms with Crippen LogP contribution in [0.1, 0.15) is 18.4 Å². The number of nitrogens with zero attached hydrogens (tertiary/aromatic N) is 3. The van der Waals surface area contributed by atoms with E-state index in [0.29, 0.717) is 25.3 Å². The number of carbonyl (C=O) groups excluding carboxylic acids is 1. The monoisotopic (exact) mass is 278 g/mol. The minimum atomic E-state index is -0.00956. The standard InChI is InChI=1S/C13H15ClN4O/c14-7-1-2-13(19)17-12-5-3-11(4-6-12)8-18-10-15-9-16-18/h3-6,9-10H,1-2,7-8H2,(H,17,19). The summed E-state index contributed by atoms with van der Waals surface area (Å²) in [4.78, 5) is 15.4. The van der Waals surface area contributed by atoms with Crippen molar-refractivity contribution in [1.82, 2.24) is 14.8 Å². The highest BCUT2D eigenvalue weighted by Crippen LogP contribution is 2.11. The van der Waals surface area contributed by atoms with Crippen molar-refractivity contribution in [3.8, 4) is 0 Å². The van der Waals surface area contributed by atoms with Crippen molar-refractivity contribution in [2.24, 2.45) is 0 Å². The number of aromatic nitrogens is 3. The van der Waals surface area contributed by atoms with Gasteiger partial charge in [0.05, 0.1) is 6.54 Å². The quantitative estimate of drug-likeness (QED) is 0.825. The number of rotatable bonds is 6. The van der Waals surface area contributed by atoms with Gasteiger partial charge in [-0.15, -0.1) is 11.6 Å². The van der Waals surface area contributed by atoms with Crippen LogP contribution in [-0.4, -0.2) is 26.6 Å². The maximum absolute atomic E-state index is 11.5. The first kappa shape index (κ1) is 13.5. The molecule has 0 bridgehead atoms. The van der Waals surface area contributed by atoms with Gasteiger partial charge in [0.2, 0.25) is 5.91 Å². The molecule has 1 heterocycles. The van der Waals surface area contributed by atoms with Crippen molar-refractivity contribution in [1.29, 1.82) is 0 Å². The van der Waals surface area contributed by atoms with Crippen molar-refractivity contribution in [2.45, 2.75) is 19.4 Å². The molecule has 1 aromatic heterocycles. The zero-order valence-electron chi connectivity index (χ0n) is 10.4. The van der Waals surface area contributed by atoms with Crippen molar-refractivity contribution < 1.29 is 4.79 Å². The average molecular weight is 279 g/mol. The Morgan fingerprint density at radius 3 is 2.74 bits per heavy atom. The van der Waals surface area contributed by atoms with E-state index in [1.165, 1.54) is 6.33 Å². The first-order chi connectivity index (χ1) is 9.28. The second-order valence-electron chi connectivity index (χ2n) is 4.13. The van der Waals surface area contributed by atoms with E-state index in [4.69, 9.17) is 11.6 Å². The molecule has 1 N–H and O–H groups in total. The molecule has 1 amide bonds. The highest BCUT2D eigenvalue weighted by molar-refractivity contribution is 6.18. The fourth-order valence-corrected chi connectivity index (χ4v) is 1.78. The van der Waals surface area contributed by atoms with Crippen LogP contribution in [-0.2, 0) is 11.3 Å². The van der Waals surface area contributed by atoms with Crippen LogP contribution in [0.25, 0.3) is 0 Å². The van der Waals surface area contributed by atoms with E-state index in [1.54, 1.807) is 11.0 Å². The number of carbonyl (C=O) groups is 1. The van der Waals surface area contributed by atoms with Crippen LogP contribution in [0.3, 0.4) is 0 Å². The van der Waals surface area contributed by atoms with Crippen molar-refractivity contribution in [2.75, 3.05) is 11.2 Å². The molecule has 0 aliphatic rings. The predicted octanol–water partition coefficient (Wildman–Crippen LogP) is 2.28. The largest absolute Gasteiger partial charge is 0.326 e. The molecular weight excluding hydrogens is 264 g/mol. The number of hydrogen-bond donors (Lipinski definition) is 1. The lowest BCUT2D eigenvalue weighted by atomic mass is 10.2. The van der Waals surface area contributed by atoms with Crippen molar-refractivity contribution in [3.63, 3.8) is 0 Å². The lowest BCUT2D eigenvalue weighted by Gasteiger charge is -2.06. The molecule has 0 unspecified atom stereocenters. The fourth-order valence-electron chi connectivity index (χ4n) is 1.65. The average Bonchev–Trinajstić information content (AvgIpc) is 2.91. The number of halogens is 1. The number of hydrogen-bond acceptors (Lipinski definition) is 3. The molecule has 2 aromatic rings. The smallest absolute Gasteiger partial charge is 0.224 e. The number of alkyl halides is 1. The number of amides is 1. The van der Waals surface area contributed by atoms with Gasteiger partial charge in [-0.25, -0.2) is 9.67 Å². The molecule has 0 saturated carbocycles. The molecule has 0 radical (unpaired) electrons. The van der Waals surface area contributed by atoms with E-state index in [-0.39, 0.29) is 5.91 Å². The molecule has 0 aliphatic carbocycles. The number of benzene rings is 1. The minimum Gasteiger partial charge on any atom is -0.326 e. The summed E-state index contributed by atoms with van der Waals surface area (Å²) in [7, 11) is 0. The van der Waals surface area contributed by atoms with Gasteiger partial charge in [-0.2, -0.15) is 5.10 Å². The summed E-state index contributed by atoms with van der Waals surface area (Å²) in [6.07, 6.45) is 4.31. The van der Waals surface area contributed by atoms with E-state index >= 15 is 0 Å². The second-order valence-corrected chi connectivity index (χ2v) is 4.51. The molecule has 1 aromatic carbocycles. The zero-order chi connectivity index (χ0) is 13.5. The summed E-state index contributed by atoms with van der Waals surface area (Å²) in [5, 5.41) is 6.87. The van der Waals surface area contributed by atoms with Crippen molar-refractivity contribution in [3.05, 3.63) is 42.5 Å². The van der Waals surface area contributed by atoms with Gasteiger partial charge in [-0.1, -0.05) is 12.1 Å². The molecule has 0 aliphatic heterocycles. The molecule has 19 heavy (non-hydrogen) atoms. The van der Waals surface area contributed by atoms with Crippen LogP contribution < -0.4 is 5.32 Å². The Hall–Kier alpha value is -1.88. The van der Waals surface area contributed by atoms with E-state index in [1.807, 2.05) is 24.3 Å². The molecule has 6 heteroatoms. The van der Waals surface area contributed by atoms with Gasteiger partial charge in [0.1, 0.15) is 12.7 Å². The normalized spacial score (nSPS) is 10.4. The molecule has 100 valence electrons. The zero-order valence-corrected chi connectivity index (χ0v) is 11.2. The van der Waals surface area contributed by atoms with Crippen LogP contribution in [0.5, 0.6) is 0 Å². The Morgan fingerprint density at radius 2 is 2.11 bits per heavy atom. The van der Waals surface area contributed by atoms with Gasteiger partial charge in [0, 0.05) is 18.0 Å². The van der Waals surface area contributed by atoms with Crippen molar-refractivity contribution >= 4 is 23.2 Å².